The molecule has 0 aromatic heterocycles. The van der Waals surface area contributed by atoms with Crippen molar-refractivity contribution >= 4 is 17.7 Å². The molecule has 0 spiro atoms. The van der Waals surface area contributed by atoms with Crippen molar-refractivity contribution in [3.05, 3.63) is 34.9 Å². The molecule has 0 unspecified atom stereocenters. The molecule has 0 radical (unpaired) electrons. The third kappa shape index (κ3) is 6.09. The van der Waals surface area contributed by atoms with Crippen molar-refractivity contribution < 1.29 is 9.90 Å². The lowest BCUT2D eigenvalue weighted by molar-refractivity contribution is 0.1000. The molecular weight excluding hydrogens is 260 g/mol. The van der Waals surface area contributed by atoms with Gasteiger partial charge in [0.25, 0.3) is 0 Å². The molecule has 0 heterocycles. The van der Waals surface area contributed by atoms with E-state index in [0.717, 1.165) is 36.6 Å². The molecular formula is C14H22N2O2S. The smallest absolute Gasteiger partial charge is 0.248 e. The second-order valence-electron chi connectivity index (χ2n) is 4.37. The molecule has 0 bridgehead atoms. The van der Waals surface area contributed by atoms with Crippen LogP contribution in [-0.4, -0.2) is 35.7 Å². The molecule has 106 valence electrons. The van der Waals surface area contributed by atoms with Gasteiger partial charge in [0.15, 0.2) is 0 Å². The second kappa shape index (κ2) is 8.96. The number of hydrogen-bond donors (Lipinski definition) is 3. The normalized spacial score (nSPS) is 10.6. The standard InChI is InChI=1S/C14H22N2O2S/c1-11-9-12(14(15)18)3-4-13(11)10-16-5-8-19-7-2-6-17/h3-4,9,16-17H,2,5-8,10H2,1H3,(H2,15,18). The number of aliphatic hydroxyl groups excluding tert-OH is 1. The van der Waals surface area contributed by atoms with E-state index in [1.165, 1.54) is 5.56 Å². The molecule has 0 saturated heterocycles. The van der Waals surface area contributed by atoms with Crippen LogP contribution in [0.3, 0.4) is 0 Å². The third-order valence-electron chi connectivity index (χ3n) is 2.81. The number of aliphatic hydroxyl groups is 1. The summed E-state index contributed by atoms with van der Waals surface area (Å²) in [6.45, 7) is 3.99. The molecule has 1 aromatic rings. The van der Waals surface area contributed by atoms with Crippen molar-refractivity contribution in [2.75, 3.05) is 24.7 Å². The van der Waals surface area contributed by atoms with Gasteiger partial charge >= 0.3 is 0 Å². The van der Waals surface area contributed by atoms with Gasteiger partial charge in [-0.05, 0) is 42.4 Å². The Hall–Kier alpha value is -1.04. The molecule has 0 aliphatic carbocycles. The average molecular weight is 282 g/mol. The molecule has 4 nitrogen and oxygen atoms in total. The van der Waals surface area contributed by atoms with Crippen LogP contribution in [0.25, 0.3) is 0 Å². The fourth-order valence-electron chi connectivity index (χ4n) is 1.68. The largest absolute Gasteiger partial charge is 0.396 e. The summed E-state index contributed by atoms with van der Waals surface area (Å²) in [5.74, 6) is 1.66. The summed E-state index contributed by atoms with van der Waals surface area (Å²) >= 11 is 1.84. The number of amides is 1. The SMILES string of the molecule is Cc1cc(C(N)=O)ccc1CNCCSCCCO. The quantitative estimate of drug-likeness (QED) is 0.597. The Morgan fingerprint density at radius 1 is 1.42 bits per heavy atom. The molecule has 1 aromatic carbocycles. The zero-order chi connectivity index (χ0) is 14.1. The Morgan fingerprint density at radius 3 is 2.84 bits per heavy atom. The number of hydrogen-bond acceptors (Lipinski definition) is 4. The van der Waals surface area contributed by atoms with E-state index in [0.29, 0.717) is 5.56 Å². The minimum atomic E-state index is -0.386. The van der Waals surface area contributed by atoms with Crippen LogP contribution in [0.15, 0.2) is 18.2 Å². The summed E-state index contributed by atoms with van der Waals surface area (Å²) in [7, 11) is 0. The highest BCUT2D eigenvalue weighted by molar-refractivity contribution is 7.99. The van der Waals surface area contributed by atoms with Crippen LogP contribution in [0, 0.1) is 6.92 Å². The summed E-state index contributed by atoms with van der Waals surface area (Å²) < 4.78 is 0. The Morgan fingerprint density at radius 2 is 2.21 bits per heavy atom. The van der Waals surface area contributed by atoms with E-state index in [2.05, 4.69) is 5.32 Å². The summed E-state index contributed by atoms with van der Waals surface area (Å²) in [4.78, 5) is 11.0. The second-order valence-corrected chi connectivity index (χ2v) is 5.60. The molecule has 0 saturated carbocycles. The highest BCUT2D eigenvalue weighted by Crippen LogP contribution is 2.10. The molecule has 5 heteroatoms. The van der Waals surface area contributed by atoms with Crippen molar-refractivity contribution in [3.8, 4) is 0 Å². The predicted octanol–water partition coefficient (Wildman–Crippen LogP) is 1.30. The zero-order valence-electron chi connectivity index (χ0n) is 11.3. The molecule has 4 N–H and O–H groups in total. The third-order valence-corrected chi connectivity index (χ3v) is 3.88. The lowest BCUT2D eigenvalue weighted by Crippen LogP contribution is -2.18. The van der Waals surface area contributed by atoms with E-state index in [1.54, 1.807) is 6.07 Å². The predicted molar refractivity (Wildman–Crippen MR) is 80.4 cm³/mol. The van der Waals surface area contributed by atoms with Gasteiger partial charge in [0.05, 0.1) is 0 Å². The maximum atomic E-state index is 11.0. The molecule has 0 fully saturated rings. The van der Waals surface area contributed by atoms with Crippen LogP contribution in [-0.2, 0) is 6.54 Å². The van der Waals surface area contributed by atoms with Gasteiger partial charge in [-0.2, -0.15) is 11.8 Å². The molecule has 1 rings (SSSR count). The molecule has 0 atom stereocenters. The van der Waals surface area contributed by atoms with Crippen LogP contribution in [0.4, 0.5) is 0 Å². The van der Waals surface area contributed by atoms with E-state index in [9.17, 15) is 4.79 Å². The summed E-state index contributed by atoms with van der Waals surface area (Å²) in [6, 6.07) is 5.54. The van der Waals surface area contributed by atoms with Gasteiger partial charge in [0, 0.05) is 31.0 Å². The van der Waals surface area contributed by atoms with Crippen LogP contribution < -0.4 is 11.1 Å². The van der Waals surface area contributed by atoms with Gasteiger partial charge in [0.2, 0.25) is 5.91 Å². The highest BCUT2D eigenvalue weighted by atomic mass is 32.2. The van der Waals surface area contributed by atoms with Crippen LogP contribution in [0.1, 0.15) is 27.9 Å². The van der Waals surface area contributed by atoms with E-state index < -0.39 is 0 Å². The molecule has 1 amide bonds. The van der Waals surface area contributed by atoms with Gasteiger partial charge in [-0.3, -0.25) is 4.79 Å². The van der Waals surface area contributed by atoms with Gasteiger partial charge in [-0.1, -0.05) is 6.07 Å². The first kappa shape index (κ1) is 16.0. The topological polar surface area (TPSA) is 75.4 Å². The van der Waals surface area contributed by atoms with E-state index >= 15 is 0 Å². The number of rotatable bonds is 9. The summed E-state index contributed by atoms with van der Waals surface area (Å²) in [5, 5.41) is 12.0. The number of aryl methyl sites for hydroxylation is 1. The summed E-state index contributed by atoms with van der Waals surface area (Å²) in [6.07, 6.45) is 0.859. The number of carbonyl (C=O) groups excluding carboxylic acids is 1. The first-order chi connectivity index (χ1) is 9.15. The Kier molecular flexibility index (Phi) is 7.55. The maximum absolute atomic E-state index is 11.0. The van der Waals surface area contributed by atoms with Gasteiger partial charge < -0.3 is 16.2 Å². The first-order valence-corrected chi connectivity index (χ1v) is 7.59. The summed E-state index contributed by atoms with van der Waals surface area (Å²) in [5.41, 5.74) is 8.06. The number of nitrogens with one attached hydrogen (secondary N) is 1. The van der Waals surface area contributed by atoms with Crippen LogP contribution in [0.2, 0.25) is 0 Å². The van der Waals surface area contributed by atoms with Crippen molar-refractivity contribution in [2.24, 2.45) is 5.73 Å². The Balaban J connectivity index is 2.28. The number of thioether (sulfide) groups is 1. The number of primary amides is 1. The lowest BCUT2D eigenvalue weighted by atomic mass is 10.0. The zero-order valence-corrected chi connectivity index (χ0v) is 12.1. The molecule has 0 aliphatic rings. The molecule has 19 heavy (non-hydrogen) atoms. The Labute approximate surface area is 118 Å². The minimum Gasteiger partial charge on any atom is -0.396 e. The van der Waals surface area contributed by atoms with Crippen LogP contribution in [0.5, 0.6) is 0 Å². The van der Waals surface area contributed by atoms with Crippen molar-refractivity contribution in [3.63, 3.8) is 0 Å². The first-order valence-electron chi connectivity index (χ1n) is 6.44. The maximum Gasteiger partial charge on any atom is 0.248 e. The van der Waals surface area contributed by atoms with Gasteiger partial charge in [-0.25, -0.2) is 0 Å². The number of benzene rings is 1. The lowest BCUT2D eigenvalue weighted by Gasteiger charge is -2.09. The van der Waals surface area contributed by atoms with E-state index in [1.807, 2.05) is 30.8 Å². The monoisotopic (exact) mass is 282 g/mol. The van der Waals surface area contributed by atoms with E-state index in [4.69, 9.17) is 10.8 Å². The Bertz CT molecular complexity index is 410. The fourth-order valence-corrected chi connectivity index (χ4v) is 2.51. The minimum absolute atomic E-state index is 0.270. The van der Waals surface area contributed by atoms with Crippen LogP contribution >= 0.6 is 11.8 Å². The van der Waals surface area contributed by atoms with E-state index in [-0.39, 0.29) is 12.5 Å². The van der Waals surface area contributed by atoms with Crippen molar-refractivity contribution in [2.45, 2.75) is 19.9 Å². The fraction of sp³-hybridized carbons (Fsp3) is 0.500. The molecule has 0 aliphatic heterocycles. The van der Waals surface area contributed by atoms with Gasteiger partial charge in [-0.15, -0.1) is 0 Å². The van der Waals surface area contributed by atoms with Crippen molar-refractivity contribution in [1.82, 2.24) is 5.32 Å². The van der Waals surface area contributed by atoms with Crippen molar-refractivity contribution in [1.29, 1.82) is 0 Å². The number of carbonyl (C=O) groups is 1. The number of nitrogens with two attached hydrogens (primary N) is 1. The average Bonchev–Trinajstić information content (AvgIpc) is 2.39. The highest BCUT2D eigenvalue weighted by Gasteiger charge is 2.03. The van der Waals surface area contributed by atoms with Gasteiger partial charge in [0.1, 0.15) is 0 Å².